The molecule has 0 atom stereocenters. The summed E-state index contributed by atoms with van der Waals surface area (Å²) in [5.74, 6) is 1.74. The van der Waals surface area contributed by atoms with Crippen LogP contribution >= 0.6 is 0 Å². The SMILES string of the molecule is CCNc1cn2ccnc2c(NCCN2CCCCC2)n1. The molecule has 3 rings (SSSR count). The number of likely N-dealkylation sites (tertiary alicyclic amines) is 1. The van der Waals surface area contributed by atoms with Gasteiger partial charge in [-0.1, -0.05) is 6.42 Å². The summed E-state index contributed by atoms with van der Waals surface area (Å²) in [6.07, 6.45) is 9.78. The first-order valence-corrected chi connectivity index (χ1v) is 7.90. The molecule has 2 aromatic heterocycles. The Morgan fingerprint density at radius 1 is 1.19 bits per heavy atom. The molecule has 1 aliphatic heterocycles. The Morgan fingerprint density at radius 3 is 2.86 bits per heavy atom. The number of aromatic nitrogens is 3. The lowest BCUT2D eigenvalue weighted by Crippen LogP contribution is -2.33. The summed E-state index contributed by atoms with van der Waals surface area (Å²) >= 11 is 0. The summed E-state index contributed by atoms with van der Waals surface area (Å²) < 4.78 is 2.01. The number of fused-ring (bicyclic) bond motifs is 1. The van der Waals surface area contributed by atoms with Crippen LogP contribution in [-0.4, -0.2) is 52.0 Å². The highest BCUT2D eigenvalue weighted by molar-refractivity contribution is 5.65. The molecule has 114 valence electrons. The van der Waals surface area contributed by atoms with E-state index in [4.69, 9.17) is 0 Å². The van der Waals surface area contributed by atoms with Gasteiger partial charge in [0.1, 0.15) is 5.82 Å². The van der Waals surface area contributed by atoms with E-state index in [0.29, 0.717) is 0 Å². The number of anilines is 2. The van der Waals surface area contributed by atoms with E-state index < -0.39 is 0 Å². The number of hydrogen-bond donors (Lipinski definition) is 2. The van der Waals surface area contributed by atoms with Crippen LogP contribution in [0.4, 0.5) is 11.6 Å². The monoisotopic (exact) mass is 288 g/mol. The maximum absolute atomic E-state index is 4.62. The van der Waals surface area contributed by atoms with Gasteiger partial charge in [-0.05, 0) is 32.9 Å². The van der Waals surface area contributed by atoms with Crippen molar-refractivity contribution in [3.63, 3.8) is 0 Å². The topological polar surface area (TPSA) is 57.5 Å². The highest BCUT2D eigenvalue weighted by Gasteiger charge is 2.11. The Balaban J connectivity index is 1.65. The van der Waals surface area contributed by atoms with Crippen molar-refractivity contribution in [2.24, 2.45) is 0 Å². The highest BCUT2D eigenvalue weighted by atomic mass is 15.2. The molecule has 0 bridgehead atoms. The number of nitrogens with one attached hydrogen (secondary N) is 2. The summed E-state index contributed by atoms with van der Waals surface area (Å²) in [4.78, 5) is 11.5. The third-order valence-electron chi connectivity index (χ3n) is 3.90. The average molecular weight is 288 g/mol. The van der Waals surface area contributed by atoms with Gasteiger partial charge in [-0.3, -0.25) is 0 Å². The van der Waals surface area contributed by atoms with Gasteiger partial charge in [0.15, 0.2) is 11.5 Å². The van der Waals surface area contributed by atoms with Crippen molar-refractivity contribution in [1.29, 1.82) is 0 Å². The Morgan fingerprint density at radius 2 is 2.05 bits per heavy atom. The van der Waals surface area contributed by atoms with Gasteiger partial charge >= 0.3 is 0 Å². The number of rotatable bonds is 6. The van der Waals surface area contributed by atoms with Gasteiger partial charge in [-0.25, -0.2) is 9.97 Å². The van der Waals surface area contributed by atoms with E-state index in [1.165, 1.54) is 32.4 Å². The fraction of sp³-hybridized carbons (Fsp3) is 0.600. The van der Waals surface area contributed by atoms with Crippen LogP contribution in [-0.2, 0) is 0 Å². The second-order valence-corrected chi connectivity index (χ2v) is 5.49. The summed E-state index contributed by atoms with van der Waals surface area (Å²) in [6.45, 7) is 7.37. The molecule has 0 spiro atoms. The molecule has 6 heteroatoms. The molecule has 2 aromatic rings. The molecule has 2 N–H and O–H groups in total. The van der Waals surface area contributed by atoms with Gasteiger partial charge in [-0.2, -0.15) is 0 Å². The fourth-order valence-corrected chi connectivity index (χ4v) is 2.83. The van der Waals surface area contributed by atoms with Gasteiger partial charge in [0.05, 0.1) is 6.20 Å². The molecule has 0 unspecified atom stereocenters. The molecule has 1 saturated heterocycles. The van der Waals surface area contributed by atoms with Crippen LogP contribution in [0.1, 0.15) is 26.2 Å². The molecular weight excluding hydrogens is 264 g/mol. The molecule has 0 radical (unpaired) electrons. The van der Waals surface area contributed by atoms with E-state index in [1.54, 1.807) is 0 Å². The third-order valence-corrected chi connectivity index (χ3v) is 3.90. The highest BCUT2D eigenvalue weighted by Crippen LogP contribution is 2.16. The Bertz CT molecular complexity index is 573. The lowest BCUT2D eigenvalue weighted by molar-refractivity contribution is 0.237. The van der Waals surface area contributed by atoms with Crippen molar-refractivity contribution in [1.82, 2.24) is 19.3 Å². The summed E-state index contributed by atoms with van der Waals surface area (Å²) in [5, 5.41) is 6.70. The Hall–Kier alpha value is -1.82. The van der Waals surface area contributed by atoms with E-state index in [9.17, 15) is 0 Å². The predicted molar refractivity (Wildman–Crippen MR) is 85.9 cm³/mol. The minimum Gasteiger partial charge on any atom is -0.369 e. The number of hydrogen-bond acceptors (Lipinski definition) is 5. The molecule has 0 aromatic carbocycles. The van der Waals surface area contributed by atoms with E-state index in [0.717, 1.165) is 36.9 Å². The van der Waals surface area contributed by atoms with Gasteiger partial charge in [-0.15, -0.1) is 0 Å². The summed E-state index contributed by atoms with van der Waals surface area (Å²) in [5.41, 5.74) is 0.885. The van der Waals surface area contributed by atoms with Crippen molar-refractivity contribution in [2.45, 2.75) is 26.2 Å². The molecule has 21 heavy (non-hydrogen) atoms. The van der Waals surface area contributed by atoms with Crippen molar-refractivity contribution < 1.29 is 0 Å². The predicted octanol–water partition coefficient (Wildman–Crippen LogP) is 2.06. The van der Waals surface area contributed by atoms with Crippen LogP contribution in [0.2, 0.25) is 0 Å². The van der Waals surface area contributed by atoms with Crippen molar-refractivity contribution >= 4 is 17.3 Å². The van der Waals surface area contributed by atoms with Gasteiger partial charge in [0.25, 0.3) is 0 Å². The fourth-order valence-electron chi connectivity index (χ4n) is 2.83. The van der Waals surface area contributed by atoms with Crippen LogP contribution < -0.4 is 10.6 Å². The molecule has 1 aliphatic rings. The molecule has 0 saturated carbocycles. The lowest BCUT2D eigenvalue weighted by Gasteiger charge is -2.26. The summed E-state index contributed by atoms with van der Waals surface area (Å²) in [6, 6.07) is 0. The van der Waals surface area contributed by atoms with Gasteiger partial charge in [0, 0.05) is 32.0 Å². The standard InChI is InChI=1S/C15H24N6/c1-2-16-13-12-21-11-7-18-15(21)14(19-13)17-6-10-20-8-4-3-5-9-20/h7,11-12,16H,2-6,8-10H2,1H3,(H,17,19). The van der Waals surface area contributed by atoms with E-state index in [-0.39, 0.29) is 0 Å². The van der Waals surface area contributed by atoms with Crippen molar-refractivity contribution in [2.75, 3.05) is 43.4 Å². The Labute approximate surface area is 125 Å². The van der Waals surface area contributed by atoms with Crippen molar-refractivity contribution in [3.8, 4) is 0 Å². The van der Waals surface area contributed by atoms with Gasteiger partial charge in [0.2, 0.25) is 0 Å². The van der Waals surface area contributed by atoms with E-state index >= 15 is 0 Å². The average Bonchev–Trinajstić information content (AvgIpc) is 2.97. The third kappa shape index (κ3) is 3.44. The zero-order chi connectivity index (χ0) is 14.5. The minimum absolute atomic E-state index is 0.857. The zero-order valence-electron chi connectivity index (χ0n) is 12.7. The number of imidazole rings is 1. The molecule has 6 nitrogen and oxygen atoms in total. The molecule has 0 amide bonds. The second-order valence-electron chi connectivity index (χ2n) is 5.49. The number of nitrogens with zero attached hydrogens (tertiary/aromatic N) is 4. The lowest BCUT2D eigenvalue weighted by atomic mass is 10.1. The normalized spacial score (nSPS) is 16.2. The first-order chi connectivity index (χ1) is 10.4. The first-order valence-electron chi connectivity index (χ1n) is 7.90. The van der Waals surface area contributed by atoms with Crippen LogP contribution in [0, 0.1) is 0 Å². The molecule has 1 fully saturated rings. The molecular formula is C15H24N6. The number of piperidine rings is 1. The van der Waals surface area contributed by atoms with Crippen LogP contribution in [0.15, 0.2) is 18.6 Å². The molecule has 0 aliphatic carbocycles. The Kier molecular flexibility index (Phi) is 4.55. The minimum atomic E-state index is 0.857. The maximum atomic E-state index is 4.62. The second kappa shape index (κ2) is 6.76. The largest absolute Gasteiger partial charge is 0.369 e. The maximum Gasteiger partial charge on any atom is 0.180 e. The van der Waals surface area contributed by atoms with Crippen LogP contribution in [0.25, 0.3) is 5.65 Å². The van der Waals surface area contributed by atoms with E-state index in [1.807, 2.05) is 23.0 Å². The van der Waals surface area contributed by atoms with Crippen molar-refractivity contribution in [3.05, 3.63) is 18.6 Å². The smallest absolute Gasteiger partial charge is 0.180 e. The first kappa shape index (κ1) is 14.1. The summed E-state index contributed by atoms with van der Waals surface area (Å²) in [7, 11) is 0. The zero-order valence-corrected chi connectivity index (χ0v) is 12.7. The van der Waals surface area contributed by atoms with Crippen LogP contribution in [0.3, 0.4) is 0 Å². The quantitative estimate of drug-likeness (QED) is 0.852. The van der Waals surface area contributed by atoms with E-state index in [2.05, 4.69) is 32.4 Å². The molecule has 3 heterocycles. The van der Waals surface area contributed by atoms with Crippen LogP contribution in [0.5, 0.6) is 0 Å². The van der Waals surface area contributed by atoms with Gasteiger partial charge < -0.3 is 19.9 Å².